The fraction of sp³-hybridized carbons (Fsp3) is 0. The summed E-state index contributed by atoms with van der Waals surface area (Å²) in [6.45, 7) is 0. The van der Waals surface area contributed by atoms with Gasteiger partial charge in [-0.2, -0.15) is 0 Å². The molecule has 1 amide bonds. The highest BCUT2D eigenvalue weighted by Gasteiger charge is 2.03. The Kier molecular flexibility index (Phi) is 3.57. The molecule has 1 heterocycles. The van der Waals surface area contributed by atoms with Crippen LogP contribution in [0.3, 0.4) is 0 Å². The summed E-state index contributed by atoms with van der Waals surface area (Å²) in [4.78, 5) is 15.5. The smallest absolute Gasteiger partial charge is 0.271 e. The summed E-state index contributed by atoms with van der Waals surface area (Å²) < 4.78 is 0. The highest BCUT2D eigenvalue weighted by atomic mass is 35.5. The Morgan fingerprint density at radius 3 is 2.59 bits per heavy atom. The van der Waals surface area contributed by atoms with Gasteiger partial charge in [-0.1, -0.05) is 11.6 Å². The van der Waals surface area contributed by atoms with Crippen LogP contribution in [0.2, 0.25) is 5.02 Å². The van der Waals surface area contributed by atoms with E-state index in [9.17, 15) is 4.79 Å². The van der Waals surface area contributed by atoms with Gasteiger partial charge in [0.2, 0.25) is 0 Å². The molecule has 0 spiro atoms. The lowest BCUT2D eigenvalue weighted by Gasteiger charge is -2.07. The van der Waals surface area contributed by atoms with Crippen LogP contribution in [0.25, 0.3) is 0 Å². The molecule has 0 saturated heterocycles. The van der Waals surface area contributed by atoms with Crippen LogP contribution in [0.1, 0.15) is 10.4 Å². The minimum atomic E-state index is -0.243. The molecule has 0 atom stereocenters. The molecule has 2 rings (SSSR count). The van der Waals surface area contributed by atoms with Crippen molar-refractivity contribution in [1.29, 1.82) is 0 Å². The molecule has 1 aromatic carbocycles. The number of amides is 1. The molecule has 0 unspecified atom stereocenters. The highest BCUT2D eigenvalue weighted by molar-refractivity contribution is 6.30. The van der Waals surface area contributed by atoms with Gasteiger partial charge in [-0.25, -0.2) is 0 Å². The van der Waals surface area contributed by atoms with Gasteiger partial charge in [0.1, 0.15) is 0 Å². The fourth-order valence-corrected chi connectivity index (χ4v) is 1.36. The molecule has 0 aliphatic rings. The van der Waals surface area contributed by atoms with Crippen molar-refractivity contribution in [2.24, 2.45) is 0 Å². The molecule has 1 aromatic heterocycles. The van der Waals surface area contributed by atoms with Crippen molar-refractivity contribution >= 4 is 23.2 Å². The van der Waals surface area contributed by atoms with Crippen LogP contribution in [0.15, 0.2) is 48.8 Å². The van der Waals surface area contributed by atoms with E-state index in [1.807, 2.05) is 0 Å². The normalized spacial score (nSPS) is 9.71. The highest BCUT2D eigenvalue weighted by Crippen LogP contribution is 2.12. The standard InChI is InChI=1S/C12H10ClN3O/c13-10-3-5-11(6-4-10)15-16-12(17)9-2-1-7-14-8-9/h1-8,15H,(H,16,17). The number of hydrogen-bond acceptors (Lipinski definition) is 3. The van der Waals surface area contributed by atoms with Gasteiger partial charge in [-0.05, 0) is 36.4 Å². The summed E-state index contributed by atoms with van der Waals surface area (Å²) in [5.41, 5.74) is 6.60. The molecule has 0 saturated carbocycles. The zero-order valence-electron chi connectivity index (χ0n) is 8.85. The van der Waals surface area contributed by atoms with E-state index in [1.165, 1.54) is 6.20 Å². The molecule has 4 nitrogen and oxygen atoms in total. The largest absolute Gasteiger partial charge is 0.298 e. The van der Waals surface area contributed by atoms with E-state index >= 15 is 0 Å². The number of hydrazine groups is 1. The Morgan fingerprint density at radius 2 is 1.94 bits per heavy atom. The van der Waals surface area contributed by atoms with Gasteiger partial charge in [-0.15, -0.1) is 0 Å². The topological polar surface area (TPSA) is 54.0 Å². The summed E-state index contributed by atoms with van der Waals surface area (Å²) in [5.74, 6) is -0.243. The summed E-state index contributed by atoms with van der Waals surface area (Å²) in [7, 11) is 0. The quantitative estimate of drug-likeness (QED) is 0.820. The van der Waals surface area contributed by atoms with Gasteiger partial charge >= 0.3 is 0 Å². The molecule has 0 aliphatic carbocycles. The van der Waals surface area contributed by atoms with Crippen molar-refractivity contribution in [3.05, 3.63) is 59.4 Å². The molecule has 86 valence electrons. The molecule has 2 aromatic rings. The van der Waals surface area contributed by atoms with E-state index in [4.69, 9.17) is 11.6 Å². The molecule has 17 heavy (non-hydrogen) atoms. The Balaban J connectivity index is 1.95. The Labute approximate surface area is 104 Å². The lowest BCUT2D eigenvalue weighted by atomic mass is 10.3. The summed E-state index contributed by atoms with van der Waals surface area (Å²) in [6, 6.07) is 10.4. The number of rotatable bonds is 3. The Hall–Kier alpha value is -2.07. The third-order valence-electron chi connectivity index (χ3n) is 2.09. The summed E-state index contributed by atoms with van der Waals surface area (Å²) in [6.07, 6.45) is 3.11. The van der Waals surface area contributed by atoms with Crippen LogP contribution in [-0.2, 0) is 0 Å². The number of pyridine rings is 1. The molecule has 5 heteroatoms. The van der Waals surface area contributed by atoms with Crippen molar-refractivity contribution in [1.82, 2.24) is 10.4 Å². The van der Waals surface area contributed by atoms with E-state index in [2.05, 4.69) is 15.8 Å². The van der Waals surface area contributed by atoms with Crippen LogP contribution in [0.5, 0.6) is 0 Å². The number of anilines is 1. The second-order valence-electron chi connectivity index (χ2n) is 3.33. The minimum Gasteiger partial charge on any atom is -0.298 e. The van der Waals surface area contributed by atoms with Crippen molar-refractivity contribution in [2.75, 3.05) is 5.43 Å². The van der Waals surface area contributed by atoms with Crippen LogP contribution in [-0.4, -0.2) is 10.9 Å². The number of hydrogen-bond donors (Lipinski definition) is 2. The second kappa shape index (κ2) is 5.32. The predicted molar refractivity (Wildman–Crippen MR) is 66.8 cm³/mol. The lowest BCUT2D eigenvalue weighted by molar-refractivity contribution is 0.0962. The third kappa shape index (κ3) is 3.19. The van der Waals surface area contributed by atoms with E-state index in [1.54, 1.807) is 42.6 Å². The van der Waals surface area contributed by atoms with Crippen molar-refractivity contribution in [3.8, 4) is 0 Å². The van der Waals surface area contributed by atoms with Gasteiger partial charge in [-0.3, -0.25) is 20.6 Å². The number of nitrogens with one attached hydrogen (secondary N) is 2. The van der Waals surface area contributed by atoms with E-state index in [0.717, 1.165) is 5.69 Å². The zero-order valence-corrected chi connectivity index (χ0v) is 9.61. The molecule has 0 bridgehead atoms. The lowest BCUT2D eigenvalue weighted by Crippen LogP contribution is -2.29. The second-order valence-corrected chi connectivity index (χ2v) is 3.76. The summed E-state index contributed by atoms with van der Waals surface area (Å²) >= 11 is 5.75. The fourth-order valence-electron chi connectivity index (χ4n) is 1.23. The first kappa shape index (κ1) is 11.4. The average Bonchev–Trinajstić information content (AvgIpc) is 2.39. The molecule has 2 N–H and O–H groups in total. The van der Waals surface area contributed by atoms with Gasteiger partial charge < -0.3 is 0 Å². The maximum atomic E-state index is 11.6. The Morgan fingerprint density at radius 1 is 1.18 bits per heavy atom. The number of aromatic nitrogens is 1. The monoisotopic (exact) mass is 247 g/mol. The molecular weight excluding hydrogens is 238 g/mol. The summed E-state index contributed by atoms with van der Waals surface area (Å²) in [5, 5.41) is 0.647. The van der Waals surface area contributed by atoms with E-state index < -0.39 is 0 Å². The number of carbonyl (C=O) groups is 1. The minimum absolute atomic E-state index is 0.243. The predicted octanol–water partition coefficient (Wildman–Crippen LogP) is 2.49. The molecule has 0 fully saturated rings. The van der Waals surface area contributed by atoms with Crippen molar-refractivity contribution in [2.45, 2.75) is 0 Å². The molecule has 0 radical (unpaired) electrons. The van der Waals surface area contributed by atoms with Crippen LogP contribution < -0.4 is 10.9 Å². The number of carbonyl (C=O) groups excluding carboxylic acids is 1. The Bertz CT molecular complexity index is 499. The first-order valence-electron chi connectivity index (χ1n) is 4.97. The molecular formula is C12H10ClN3O. The number of halogens is 1. The van der Waals surface area contributed by atoms with Gasteiger partial charge in [0.25, 0.3) is 5.91 Å². The molecule has 0 aliphatic heterocycles. The van der Waals surface area contributed by atoms with Gasteiger partial charge in [0, 0.05) is 17.4 Å². The van der Waals surface area contributed by atoms with Gasteiger partial charge in [0.05, 0.1) is 11.3 Å². The maximum Gasteiger partial charge on any atom is 0.271 e. The SMILES string of the molecule is O=C(NNc1ccc(Cl)cc1)c1cccnc1. The van der Waals surface area contributed by atoms with Gasteiger partial charge in [0.15, 0.2) is 0 Å². The van der Waals surface area contributed by atoms with Crippen LogP contribution in [0, 0.1) is 0 Å². The first-order valence-corrected chi connectivity index (χ1v) is 5.35. The maximum absolute atomic E-state index is 11.6. The average molecular weight is 248 g/mol. The van der Waals surface area contributed by atoms with E-state index in [-0.39, 0.29) is 5.91 Å². The third-order valence-corrected chi connectivity index (χ3v) is 2.34. The van der Waals surface area contributed by atoms with Crippen LogP contribution >= 0.6 is 11.6 Å². The van der Waals surface area contributed by atoms with Crippen molar-refractivity contribution in [3.63, 3.8) is 0 Å². The zero-order chi connectivity index (χ0) is 12.1. The van der Waals surface area contributed by atoms with Crippen LogP contribution in [0.4, 0.5) is 5.69 Å². The number of nitrogens with zero attached hydrogens (tertiary/aromatic N) is 1. The van der Waals surface area contributed by atoms with E-state index in [0.29, 0.717) is 10.6 Å². The first-order chi connectivity index (χ1) is 8.25. The van der Waals surface area contributed by atoms with Crippen molar-refractivity contribution < 1.29 is 4.79 Å². The number of benzene rings is 1.